The van der Waals surface area contributed by atoms with Crippen LogP contribution in [0.25, 0.3) is 0 Å². The van der Waals surface area contributed by atoms with Crippen LogP contribution in [0.2, 0.25) is 0 Å². The van der Waals surface area contributed by atoms with Crippen LogP contribution in [0.5, 0.6) is 0 Å². The molecule has 0 aromatic heterocycles. The van der Waals surface area contributed by atoms with Crippen molar-refractivity contribution in [1.29, 1.82) is 0 Å². The number of hydrogen-bond acceptors (Lipinski definition) is 0. The molecule has 1 aromatic rings. The lowest BCUT2D eigenvalue weighted by atomic mass is 10.1. The van der Waals surface area contributed by atoms with Gasteiger partial charge < -0.3 is 0 Å². The zero-order chi connectivity index (χ0) is 8.27. The topological polar surface area (TPSA) is 0 Å². The Bertz CT molecular complexity index is 218. The third-order valence-electron chi connectivity index (χ3n) is 1.88. The van der Waals surface area contributed by atoms with E-state index in [2.05, 4.69) is 38.1 Å². The van der Waals surface area contributed by atoms with E-state index in [0.29, 0.717) is 5.54 Å². The van der Waals surface area contributed by atoms with Gasteiger partial charge in [0.15, 0.2) is 0 Å². The molecule has 0 N–H and O–H groups in total. The molecule has 11 heavy (non-hydrogen) atoms. The fraction of sp³-hybridized carbons (Fsp3) is 0.333. The van der Waals surface area contributed by atoms with E-state index >= 15 is 0 Å². The van der Waals surface area contributed by atoms with Crippen molar-refractivity contribution in [2.75, 3.05) is 0 Å². The van der Waals surface area contributed by atoms with Crippen LogP contribution in [0, 0.1) is 6.92 Å². The first-order chi connectivity index (χ1) is 5.24. The highest BCUT2D eigenvalue weighted by Crippen LogP contribution is 2.14. The van der Waals surface area contributed by atoms with Crippen LogP contribution in [0.4, 0.5) is 0 Å². The molecule has 0 nitrogen and oxygen atoms in total. The SMILES string of the molecule is Cc1ccc(C(C)[SiH2]Cl)cc1. The first-order valence-corrected chi connectivity index (χ1v) is 6.82. The van der Waals surface area contributed by atoms with Crippen LogP contribution in [0.3, 0.4) is 0 Å². The van der Waals surface area contributed by atoms with Crippen molar-refractivity contribution >= 4 is 19.9 Å². The van der Waals surface area contributed by atoms with E-state index < -0.39 is 8.83 Å². The van der Waals surface area contributed by atoms with E-state index in [1.165, 1.54) is 11.1 Å². The predicted octanol–water partition coefficient (Wildman–Crippen LogP) is 2.38. The van der Waals surface area contributed by atoms with E-state index in [-0.39, 0.29) is 0 Å². The Labute approximate surface area is 75.1 Å². The minimum absolute atomic E-state index is 0.400. The molecule has 1 unspecified atom stereocenters. The molecule has 0 saturated heterocycles. The highest BCUT2D eigenvalue weighted by molar-refractivity contribution is 6.94. The monoisotopic (exact) mass is 184 g/mol. The maximum Gasteiger partial charge on any atom is 0.132 e. The molecule has 1 aromatic carbocycles. The van der Waals surface area contributed by atoms with Crippen molar-refractivity contribution in [2.45, 2.75) is 19.4 Å². The lowest BCUT2D eigenvalue weighted by Gasteiger charge is -2.06. The van der Waals surface area contributed by atoms with Gasteiger partial charge >= 0.3 is 0 Å². The Morgan fingerprint density at radius 1 is 1.27 bits per heavy atom. The molecule has 0 radical (unpaired) electrons. The molecule has 0 aliphatic heterocycles. The summed E-state index contributed by atoms with van der Waals surface area (Å²) < 4.78 is 0. The molecule has 0 fully saturated rings. The van der Waals surface area contributed by atoms with Crippen LogP contribution in [0.15, 0.2) is 24.3 Å². The molecule has 2 heteroatoms. The number of hydrogen-bond donors (Lipinski definition) is 0. The van der Waals surface area contributed by atoms with Gasteiger partial charge in [0.25, 0.3) is 0 Å². The molecule has 1 atom stereocenters. The third-order valence-corrected chi connectivity index (χ3v) is 4.20. The smallest absolute Gasteiger partial charge is 0.132 e. The quantitative estimate of drug-likeness (QED) is 0.489. The lowest BCUT2D eigenvalue weighted by Crippen LogP contribution is -1.97. The normalized spacial score (nSPS) is 14.1. The van der Waals surface area contributed by atoms with Crippen LogP contribution >= 0.6 is 11.1 Å². The summed E-state index contributed by atoms with van der Waals surface area (Å²) >= 11 is 5.87. The van der Waals surface area contributed by atoms with E-state index in [0.717, 1.165) is 0 Å². The standard InChI is InChI=1S/C9H13ClSi/c1-7-3-5-9(6-4-7)8(2)11-10/h3-6,8H,11H2,1-2H3. The van der Waals surface area contributed by atoms with E-state index in [4.69, 9.17) is 11.1 Å². The Balaban J connectivity index is 2.81. The maximum atomic E-state index is 5.87. The zero-order valence-corrected chi connectivity index (χ0v) is 9.14. The summed E-state index contributed by atoms with van der Waals surface area (Å²) in [7, 11) is -0.400. The van der Waals surface area contributed by atoms with Crippen molar-refractivity contribution in [3.8, 4) is 0 Å². The van der Waals surface area contributed by atoms with E-state index in [1.54, 1.807) is 0 Å². The van der Waals surface area contributed by atoms with Gasteiger partial charge in [0.1, 0.15) is 8.83 Å². The van der Waals surface area contributed by atoms with Crippen LogP contribution in [-0.2, 0) is 0 Å². The molecule has 0 heterocycles. The molecule has 0 spiro atoms. The van der Waals surface area contributed by atoms with Gasteiger partial charge in [0.05, 0.1) is 0 Å². The van der Waals surface area contributed by atoms with Crippen molar-refractivity contribution in [2.24, 2.45) is 0 Å². The van der Waals surface area contributed by atoms with Gasteiger partial charge in [-0.15, -0.1) is 0 Å². The Morgan fingerprint density at radius 2 is 1.82 bits per heavy atom. The summed E-state index contributed by atoms with van der Waals surface area (Å²) in [5.41, 5.74) is 3.31. The largest absolute Gasteiger partial charge is 0.176 e. The van der Waals surface area contributed by atoms with Gasteiger partial charge in [-0.25, -0.2) is 0 Å². The summed E-state index contributed by atoms with van der Waals surface area (Å²) in [5, 5.41) is 0. The predicted molar refractivity (Wildman–Crippen MR) is 54.0 cm³/mol. The highest BCUT2D eigenvalue weighted by atomic mass is 35.6. The molecular formula is C9H13ClSi. The average molecular weight is 185 g/mol. The Kier molecular flexibility index (Phi) is 3.15. The van der Waals surface area contributed by atoms with Crippen LogP contribution in [-0.4, -0.2) is 8.83 Å². The van der Waals surface area contributed by atoms with Crippen molar-refractivity contribution in [1.82, 2.24) is 0 Å². The Morgan fingerprint density at radius 3 is 2.27 bits per heavy atom. The summed E-state index contributed by atoms with van der Waals surface area (Å²) in [6.45, 7) is 4.30. The molecule has 0 bridgehead atoms. The maximum absolute atomic E-state index is 5.87. The Hall–Kier alpha value is -0.273. The van der Waals surface area contributed by atoms with Crippen LogP contribution < -0.4 is 0 Å². The molecule has 1 rings (SSSR count). The fourth-order valence-electron chi connectivity index (χ4n) is 0.984. The van der Waals surface area contributed by atoms with Gasteiger partial charge in [0.2, 0.25) is 0 Å². The second-order valence-electron chi connectivity index (χ2n) is 2.97. The molecule has 0 saturated carbocycles. The minimum Gasteiger partial charge on any atom is -0.176 e. The van der Waals surface area contributed by atoms with E-state index in [9.17, 15) is 0 Å². The lowest BCUT2D eigenvalue weighted by molar-refractivity contribution is 1.07. The third kappa shape index (κ3) is 2.35. The molecule has 0 amide bonds. The number of rotatable bonds is 2. The van der Waals surface area contributed by atoms with Gasteiger partial charge in [-0.05, 0) is 18.0 Å². The average Bonchev–Trinajstić information content (AvgIpc) is 2.05. The molecular weight excluding hydrogens is 172 g/mol. The summed E-state index contributed by atoms with van der Waals surface area (Å²) in [4.78, 5) is 0. The summed E-state index contributed by atoms with van der Waals surface area (Å²) in [6, 6.07) is 8.64. The summed E-state index contributed by atoms with van der Waals surface area (Å²) in [6.07, 6.45) is 0. The number of aryl methyl sites for hydroxylation is 1. The zero-order valence-electron chi connectivity index (χ0n) is 6.97. The second-order valence-corrected chi connectivity index (χ2v) is 5.43. The van der Waals surface area contributed by atoms with Crippen molar-refractivity contribution < 1.29 is 0 Å². The fourth-order valence-corrected chi connectivity index (χ4v) is 1.97. The summed E-state index contributed by atoms with van der Waals surface area (Å²) in [5.74, 6) is 0. The van der Waals surface area contributed by atoms with Gasteiger partial charge in [-0.3, -0.25) is 0 Å². The van der Waals surface area contributed by atoms with Crippen molar-refractivity contribution in [3.05, 3.63) is 35.4 Å². The molecule has 60 valence electrons. The first kappa shape index (κ1) is 8.82. The first-order valence-electron chi connectivity index (χ1n) is 3.86. The number of halogens is 1. The van der Waals surface area contributed by atoms with Gasteiger partial charge in [-0.2, -0.15) is 11.1 Å². The molecule has 0 aliphatic rings. The van der Waals surface area contributed by atoms with E-state index in [1.807, 2.05) is 0 Å². The second kappa shape index (κ2) is 3.93. The molecule has 0 aliphatic carbocycles. The van der Waals surface area contributed by atoms with Crippen LogP contribution in [0.1, 0.15) is 23.6 Å². The number of benzene rings is 1. The highest BCUT2D eigenvalue weighted by Gasteiger charge is 2.02. The van der Waals surface area contributed by atoms with Crippen molar-refractivity contribution in [3.63, 3.8) is 0 Å². The van der Waals surface area contributed by atoms with Gasteiger partial charge in [0, 0.05) is 0 Å². The minimum atomic E-state index is -0.400. The van der Waals surface area contributed by atoms with Gasteiger partial charge in [-0.1, -0.05) is 36.8 Å².